The Bertz CT molecular complexity index is 809. The van der Waals surface area contributed by atoms with Gasteiger partial charge in [0.25, 0.3) is 5.91 Å². The van der Waals surface area contributed by atoms with Gasteiger partial charge in [-0.25, -0.2) is 13.2 Å². The number of carboxylic acid groups (broad SMARTS) is 1. The highest BCUT2D eigenvalue weighted by molar-refractivity contribution is 7.89. The zero-order valence-electron chi connectivity index (χ0n) is 15.5. The lowest BCUT2D eigenvalue weighted by atomic mass is 9.76. The van der Waals surface area contributed by atoms with Gasteiger partial charge in [0.15, 0.2) is 0 Å². The summed E-state index contributed by atoms with van der Waals surface area (Å²) in [6, 6.07) is 5.71. The summed E-state index contributed by atoms with van der Waals surface area (Å²) in [5.41, 5.74) is -0.940. The van der Waals surface area contributed by atoms with Gasteiger partial charge in [0.05, 0.1) is 4.90 Å². The van der Waals surface area contributed by atoms with Gasteiger partial charge in [-0.2, -0.15) is 4.31 Å². The first kappa shape index (κ1) is 19.8. The molecule has 1 aromatic carbocycles. The van der Waals surface area contributed by atoms with Crippen molar-refractivity contribution in [3.05, 3.63) is 29.8 Å². The molecule has 3 rings (SSSR count). The van der Waals surface area contributed by atoms with E-state index in [4.69, 9.17) is 0 Å². The largest absolute Gasteiger partial charge is 0.480 e. The van der Waals surface area contributed by atoms with E-state index in [1.807, 2.05) is 0 Å². The monoisotopic (exact) mass is 394 g/mol. The topological polar surface area (TPSA) is 104 Å². The Morgan fingerprint density at radius 2 is 1.67 bits per heavy atom. The molecule has 27 heavy (non-hydrogen) atoms. The Morgan fingerprint density at radius 3 is 2.15 bits per heavy atom. The van der Waals surface area contributed by atoms with Gasteiger partial charge in [-0.15, -0.1) is 0 Å². The Balaban J connectivity index is 1.72. The molecule has 2 aliphatic carbocycles. The fourth-order valence-electron chi connectivity index (χ4n) is 3.80. The van der Waals surface area contributed by atoms with Gasteiger partial charge < -0.3 is 10.4 Å². The maximum Gasteiger partial charge on any atom is 0.329 e. The minimum Gasteiger partial charge on any atom is -0.480 e. The Morgan fingerprint density at radius 1 is 1.07 bits per heavy atom. The predicted octanol–water partition coefficient (Wildman–Crippen LogP) is 2.38. The standard InChI is InChI=1S/C19H26N2O5S/c1-21(15-6-3-2-4-7-15)27(25,26)16-10-8-14(9-11-16)17(22)20-19(18(23)24)12-5-13-19/h8-11,15H,2-7,12-13H2,1H3,(H,20,22)(H,23,24). The highest BCUT2D eigenvalue weighted by Gasteiger charge is 2.45. The smallest absolute Gasteiger partial charge is 0.329 e. The third-order valence-electron chi connectivity index (χ3n) is 5.85. The summed E-state index contributed by atoms with van der Waals surface area (Å²) in [5.74, 6) is -1.53. The number of benzene rings is 1. The van der Waals surface area contributed by atoms with Gasteiger partial charge in [-0.05, 0) is 56.4 Å². The molecule has 0 bridgehead atoms. The normalized spacial score (nSPS) is 20.1. The molecule has 1 aromatic rings. The summed E-state index contributed by atoms with van der Waals surface area (Å²) >= 11 is 0. The van der Waals surface area contributed by atoms with Crippen LogP contribution >= 0.6 is 0 Å². The maximum atomic E-state index is 12.8. The van der Waals surface area contributed by atoms with E-state index in [1.165, 1.54) is 28.6 Å². The SMILES string of the molecule is CN(C1CCCCC1)S(=O)(=O)c1ccc(C(=O)NC2(C(=O)O)CCC2)cc1. The van der Waals surface area contributed by atoms with Gasteiger partial charge in [0.1, 0.15) is 5.54 Å². The number of amides is 1. The molecule has 7 nitrogen and oxygen atoms in total. The lowest BCUT2D eigenvalue weighted by Crippen LogP contribution is -2.59. The minimum atomic E-state index is -3.62. The van der Waals surface area contributed by atoms with Crippen molar-refractivity contribution >= 4 is 21.9 Å². The number of carbonyl (C=O) groups is 2. The van der Waals surface area contributed by atoms with E-state index in [-0.39, 0.29) is 16.5 Å². The summed E-state index contributed by atoms with van der Waals surface area (Å²) in [5, 5.41) is 11.9. The number of carboxylic acids is 1. The molecular weight excluding hydrogens is 368 g/mol. The number of rotatable bonds is 6. The van der Waals surface area contributed by atoms with Gasteiger partial charge in [-0.3, -0.25) is 4.79 Å². The van der Waals surface area contributed by atoms with E-state index in [9.17, 15) is 23.1 Å². The fraction of sp³-hybridized carbons (Fsp3) is 0.579. The third-order valence-corrected chi connectivity index (χ3v) is 7.78. The molecule has 0 spiro atoms. The number of hydrogen-bond acceptors (Lipinski definition) is 4. The molecule has 2 fully saturated rings. The number of carbonyl (C=O) groups excluding carboxylic acids is 1. The molecule has 2 saturated carbocycles. The summed E-state index contributed by atoms with van der Waals surface area (Å²) in [6.45, 7) is 0. The number of aliphatic carboxylic acids is 1. The first-order chi connectivity index (χ1) is 12.8. The van der Waals surface area contributed by atoms with Crippen molar-refractivity contribution in [1.82, 2.24) is 9.62 Å². The number of hydrogen-bond donors (Lipinski definition) is 2. The molecule has 1 amide bonds. The Hall–Kier alpha value is -1.93. The van der Waals surface area contributed by atoms with Gasteiger partial charge in [0, 0.05) is 18.7 Å². The first-order valence-corrected chi connectivity index (χ1v) is 10.8. The highest BCUT2D eigenvalue weighted by Crippen LogP contribution is 2.32. The van der Waals surface area contributed by atoms with Gasteiger partial charge >= 0.3 is 5.97 Å². The van der Waals surface area contributed by atoms with E-state index >= 15 is 0 Å². The molecule has 0 saturated heterocycles. The van der Waals surface area contributed by atoms with Crippen molar-refractivity contribution < 1.29 is 23.1 Å². The van der Waals surface area contributed by atoms with E-state index in [0.29, 0.717) is 12.8 Å². The third kappa shape index (κ3) is 3.87. The summed E-state index contributed by atoms with van der Waals surface area (Å²) in [6.07, 6.45) is 6.54. The van der Waals surface area contributed by atoms with Crippen LogP contribution in [0.4, 0.5) is 0 Å². The molecule has 148 valence electrons. The predicted molar refractivity (Wildman–Crippen MR) is 99.9 cm³/mol. The van der Waals surface area contributed by atoms with Crippen LogP contribution in [0, 0.1) is 0 Å². The van der Waals surface area contributed by atoms with Crippen LogP contribution in [0.3, 0.4) is 0 Å². The number of nitrogens with zero attached hydrogens (tertiary/aromatic N) is 1. The number of sulfonamides is 1. The average molecular weight is 394 g/mol. The molecule has 0 aliphatic heterocycles. The van der Waals surface area contributed by atoms with Crippen molar-refractivity contribution in [2.45, 2.75) is 67.8 Å². The van der Waals surface area contributed by atoms with Crippen LogP contribution in [-0.4, -0.2) is 48.3 Å². The van der Waals surface area contributed by atoms with Gasteiger partial charge in [-0.1, -0.05) is 19.3 Å². The molecule has 2 N–H and O–H groups in total. The van der Waals surface area contributed by atoms with Crippen molar-refractivity contribution in [3.8, 4) is 0 Å². The van der Waals surface area contributed by atoms with Crippen LogP contribution in [0.5, 0.6) is 0 Å². The maximum absolute atomic E-state index is 12.8. The highest BCUT2D eigenvalue weighted by atomic mass is 32.2. The van der Waals surface area contributed by atoms with Crippen LogP contribution in [0.15, 0.2) is 29.2 Å². The number of nitrogens with one attached hydrogen (secondary N) is 1. The second kappa shape index (κ2) is 7.59. The lowest BCUT2D eigenvalue weighted by molar-refractivity contribution is -0.148. The summed E-state index contributed by atoms with van der Waals surface area (Å²) in [7, 11) is -2.01. The lowest BCUT2D eigenvalue weighted by Gasteiger charge is -2.38. The molecule has 2 aliphatic rings. The first-order valence-electron chi connectivity index (χ1n) is 9.40. The molecule has 0 aromatic heterocycles. The molecular formula is C19H26N2O5S. The fourth-order valence-corrected chi connectivity index (χ4v) is 5.21. The zero-order chi connectivity index (χ0) is 19.7. The average Bonchev–Trinajstić information content (AvgIpc) is 2.64. The second-order valence-corrected chi connectivity index (χ2v) is 9.53. The summed E-state index contributed by atoms with van der Waals surface area (Å²) < 4.78 is 27.1. The van der Waals surface area contributed by atoms with Crippen molar-refractivity contribution in [3.63, 3.8) is 0 Å². The van der Waals surface area contributed by atoms with Crippen molar-refractivity contribution in [1.29, 1.82) is 0 Å². The van der Waals surface area contributed by atoms with E-state index in [0.717, 1.165) is 38.5 Å². The van der Waals surface area contributed by atoms with Crippen LogP contribution in [0.1, 0.15) is 61.7 Å². The quantitative estimate of drug-likeness (QED) is 0.771. The van der Waals surface area contributed by atoms with Crippen LogP contribution in [0.25, 0.3) is 0 Å². The Kier molecular flexibility index (Phi) is 5.58. The van der Waals surface area contributed by atoms with E-state index in [1.54, 1.807) is 7.05 Å². The molecule has 8 heteroatoms. The van der Waals surface area contributed by atoms with Crippen LogP contribution in [0.2, 0.25) is 0 Å². The molecule has 0 atom stereocenters. The zero-order valence-corrected chi connectivity index (χ0v) is 16.3. The van der Waals surface area contributed by atoms with Crippen molar-refractivity contribution in [2.24, 2.45) is 0 Å². The van der Waals surface area contributed by atoms with Gasteiger partial charge in [0.2, 0.25) is 10.0 Å². The molecule has 0 unspecified atom stereocenters. The van der Waals surface area contributed by atoms with E-state index < -0.39 is 27.4 Å². The van der Waals surface area contributed by atoms with E-state index in [2.05, 4.69) is 5.32 Å². The summed E-state index contributed by atoms with van der Waals surface area (Å²) in [4.78, 5) is 23.9. The van der Waals surface area contributed by atoms with Crippen LogP contribution < -0.4 is 5.32 Å². The second-order valence-electron chi connectivity index (χ2n) is 7.53. The van der Waals surface area contributed by atoms with Crippen molar-refractivity contribution in [2.75, 3.05) is 7.05 Å². The minimum absolute atomic E-state index is 0.0146. The molecule has 0 radical (unpaired) electrons. The Labute approximate surface area is 159 Å². The van der Waals surface area contributed by atoms with Crippen LogP contribution in [-0.2, 0) is 14.8 Å². The molecule has 0 heterocycles.